The van der Waals surface area contributed by atoms with E-state index in [1.807, 2.05) is 0 Å². The zero-order valence-corrected chi connectivity index (χ0v) is 13.4. The van der Waals surface area contributed by atoms with Gasteiger partial charge in [-0.05, 0) is 37.7 Å². The van der Waals surface area contributed by atoms with E-state index < -0.39 is 4.92 Å². The van der Waals surface area contributed by atoms with E-state index in [4.69, 9.17) is 11.6 Å². The van der Waals surface area contributed by atoms with Crippen LogP contribution in [0.1, 0.15) is 43.0 Å². The molecule has 0 radical (unpaired) electrons. The minimum absolute atomic E-state index is 0.114. The highest BCUT2D eigenvalue weighted by atomic mass is 35.5. The third-order valence-electron chi connectivity index (χ3n) is 4.15. The first-order valence-corrected chi connectivity index (χ1v) is 7.76. The van der Waals surface area contributed by atoms with Crippen molar-refractivity contribution >= 4 is 28.9 Å². The number of nitrogens with one attached hydrogen (secondary N) is 2. The fourth-order valence-corrected chi connectivity index (χ4v) is 3.00. The molecule has 0 spiro atoms. The number of carbonyl (C=O) groups excluding carboxylic acids is 1. The number of carbonyl (C=O) groups is 1. The van der Waals surface area contributed by atoms with E-state index >= 15 is 0 Å². The van der Waals surface area contributed by atoms with Gasteiger partial charge in [0.05, 0.1) is 15.5 Å². The lowest BCUT2D eigenvalue weighted by atomic mass is 9.87. The van der Waals surface area contributed by atoms with Crippen molar-refractivity contribution < 1.29 is 9.72 Å². The number of nitro benzene ring substituents is 1. The van der Waals surface area contributed by atoms with Gasteiger partial charge in [-0.2, -0.15) is 0 Å². The average Bonchev–Trinajstić information content (AvgIpc) is 2.48. The van der Waals surface area contributed by atoms with Gasteiger partial charge in [-0.3, -0.25) is 14.9 Å². The summed E-state index contributed by atoms with van der Waals surface area (Å²) in [6.45, 7) is 2.20. The first-order chi connectivity index (χ1) is 10.4. The van der Waals surface area contributed by atoms with Crippen LogP contribution in [-0.4, -0.2) is 23.9 Å². The van der Waals surface area contributed by atoms with Crippen molar-refractivity contribution in [3.05, 3.63) is 32.8 Å². The number of hydrogen-bond donors (Lipinski definition) is 2. The molecule has 2 rings (SSSR count). The second-order valence-corrected chi connectivity index (χ2v) is 6.19. The van der Waals surface area contributed by atoms with Crippen molar-refractivity contribution in [1.82, 2.24) is 5.32 Å². The van der Waals surface area contributed by atoms with Crippen molar-refractivity contribution in [2.24, 2.45) is 5.92 Å². The summed E-state index contributed by atoms with van der Waals surface area (Å²) in [5, 5.41) is 16.9. The fraction of sp³-hybridized carbons (Fsp3) is 0.533. The second kappa shape index (κ2) is 6.96. The van der Waals surface area contributed by atoms with Crippen LogP contribution in [0.4, 0.5) is 11.4 Å². The molecule has 7 heteroatoms. The molecule has 1 aromatic rings. The van der Waals surface area contributed by atoms with Gasteiger partial charge in [-0.15, -0.1) is 0 Å². The maximum Gasteiger partial charge on any atom is 0.293 e. The summed E-state index contributed by atoms with van der Waals surface area (Å²) in [4.78, 5) is 22.9. The first kappa shape index (κ1) is 16.5. The number of nitro groups is 1. The Labute approximate surface area is 134 Å². The zero-order valence-electron chi connectivity index (χ0n) is 12.7. The molecule has 1 aromatic carbocycles. The van der Waals surface area contributed by atoms with Crippen molar-refractivity contribution in [2.75, 3.05) is 12.4 Å². The molecule has 2 N–H and O–H groups in total. The van der Waals surface area contributed by atoms with E-state index in [0.29, 0.717) is 5.92 Å². The number of rotatable bonds is 4. The molecule has 0 atom stereocenters. The van der Waals surface area contributed by atoms with Crippen LogP contribution in [-0.2, 0) is 0 Å². The van der Waals surface area contributed by atoms with Crippen LogP contribution in [0.3, 0.4) is 0 Å². The summed E-state index contributed by atoms with van der Waals surface area (Å²) in [7, 11) is 1.57. The number of nitrogens with zero attached hydrogens (tertiary/aromatic N) is 1. The topological polar surface area (TPSA) is 84.3 Å². The molecule has 0 bridgehead atoms. The predicted molar refractivity (Wildman–Crippen MR) is 86.5 cm³/mol. The summed E-state index contributed by atoms with van der Waals surface area (Å²) in [5.41, 5.74) is 0.276. The molecular weight excluding hydrogens is 306 g/mol. The minimum Gasteiger partial charge on any atom is -0.383 e. The molecular formula is C15H20ClN3O3. The van der Waals surface area contributed by atoms with Crippen LogP contribution in [0.2, 0.25) is 5.02 Å². The van der Waals surface area contributed by atoms with Gasteiger partial charge in [0.15, 0.2) is 0 Å². The Morgan fingerprint density at radius 3 is 2.50 bits per heavy atom. The van der Waals surface area contributed by atoms with E-state index in [2.05, 4.69) is 17.6 Å². The second-order valence-electron chi connectivity index (χ2n) is 5.79. The zero-order chi connectivity index (χ0) is 16.3. The van der Waals surface area contributed by atoms with E-state index in [-0.39, 0.29) is 33.9 Å². The lowest BCUT2D eigenvalue weighted by molar-refractivity contribution is -0.384. The lowest BCUT2D eigenvalue weighted by Gasteiger charge is -2.27. The van der Waals surface area contributed by atoms with Crippen LogP contribution < -0.4 is 10.6 Å². The van der Waals surface area contributed by atoms with E-state index in [1.54, 1.807) is 7.05 Å². The number of hydrogen-bond acceptors (Lipinski definition) is 4. The van der Waals surface area contributed by atoms with Crippen LogP contribution in [0.25, 0.3) is 0 Å². The fourth-order valence-electron chi connectivity index (χ4n) is 2.75. The van der Waals surface area contributed by atoms with Crippen molar-refractivity contribution in [2.45, 2.75) is 38.6 Å². The summed E-state index contributed by atoms with van der Waals surface area (Å²) >= 11 is 6.10. The van der Waals surface area contributed by atoms with Gasteiger partial charge in [0, 0.05) is 19.2 Å². The number of amides is 1. The normalized spacial score (nSPS) is 21.2. The monoisotopic (exact) mass is 325 g/mol. The molecule has 6 nitrogen and oxygen atoms in total. The highest BCUT2D eigenvalue weighted by Crippen LogP contribution is 2.31. The predicted octanol–water partition coefficient (Wildman–Crippen LogP) is 3.60. The SMILES string of the molecule is CNc1cc(Cl)c(C(=O)NC2CCC(C)CC2)cc1[N+](=O)[O-]. The molecule has 0 aliphatic heterocycles. The van der Waals surface area contributed by atoms with E-state index in [1.165, 1.54) is 12.1 Å². The largest absolute Gasteiger partial charge is 0.383 e. The van der Waals surface area contributed by atoms with Gasteiger partial charge in [0.1, 0.15) is 5.69 Å². The van der Waals surface area contributed by atoms with Gasteiger partial charge in [0.25, 0.3) is 11.6 Å². The third-order valence-corrected chi connectivity index (χ3v) is 4.46. The smallest absolute Gasteiger partial charge is 0.293 e. The standard InChI is InChI=1S/C15H20ClN3O3/c1-9-3-5-10(6-4-9)18-15(20)11-7-14(19(21)22)13(17-2)8-12(11)16/h7-10,17H,3-6H2,1-2H3,(H,18,20). The number of benzene rings is 1. The Hall–Kier alpha value is -1.82. The van der Waals surface area contributed by atoms with Crippen LogP contribution in [0, 0.1) is 16.0 Å². The van der Waals surface area contributed by atoms with Crippen molar-refractivity contribution in [3.63, 3.8) is 0 Å². The molecule has 1 saturated carbocycles. The van der Waals surface area contributed by atoms with Gasteiger partial charge < -0.3 is 10.6 Å². The summed E-state index contributed by atoms with van der Waals surface area (Å²) in [5.74, 6) is 0.336. The summed E-state index contributed by atoms with van der Waals surface area (Å²) < 4.78 is 0. The molecule has 120 valence electrons. The Morgan fingerprint density at radius 2 is 1.95 bits per heavy atom. The quantitative estimate of drug-likeness (QED) is 0.654. The minimum atomic E-state index is -0.527. The van der Waals surface area contributed by atoms with Gasteiger partial charge in [-0.25, -0.2) is 0 Å². The Bertz CT molecular complexity index is 584. The van der Waals surface area contributed by atoms with Crippen LogP contribution in [0.15, 0.2) is 12.1 Å². The number of anilines is 1. The van der Waals surface area contributed by atoms with E-state index in [0.717, 1.165) is 25.7 Å². The van der Waals surface area contributed by atoms with Crippen molar-refractivity contribution in [1.29, 1.82) is 0 Å². The molecule has 0 unspecified atom stereocenters. The first-order valence-electron chi connectivity index (χ1n) is 7.39. The Kier molecular flexibility index (Phi) is 5.24. The molecule has 0 heterocycles. The highest BCUT2D eigenvalue weighted by Gasteiger charge is 2.24. The maximum atomic E-state index is 12.4. The van der Waals surface area contributed by atoms with Crippen LogP contribution in [0.5, 0.6) is 0 Å². The van der Waals surface area contributed by atoms with Gasteiger partial charge in [0.2, 0.25) is 0 Å². The molecule has 1 aliphatic rings. The molecule has 1 fully saturated rings. The molecule has 1 aliphatic carbocycles. The molecule has 22 heavy (non-hydrogen) atoms. The van der Waals surface area contributed by atoms with Gasteiger partial charge >= 0.3 is 0 Å². The summed E-state index contributed by atoms with van der Waals surface area (Å²) in [6, 6.07) is 2.76. The van der Waals surface area contributed by atoms with E-state index in [9.17, 15) is 14.9 Å². The maximum absolute atomic E-state index is 12.4. The third kappa shape index (κ3) is 3.68. The lowest BCUT2D eigenvalue weighted by Crippen LogP contribution is -2.37. The van der Waals surface area contributed by atoms with Gasteiger partial charge in [-0.1, -0.05) is 18.5 Å². The molecule has 1 amide bonds. The van der Waals surface area contributed by atoms with Crippen LogP contribution >= 0.6 is 11.6 Å². The summed E-state index contributed by atoms with van der Waals surface area (Å²) in [6.07, 6.45) is 4.03. The average molecular weight is 326 g/mol. The Morgan fingerprint density at radius 1 is 1.32 bits per heavy atom. The molecule has 0 aromatic heterocycles. The Balaban J connectivity index is 2.18. The highest BCUT2D eigenvalue weighted by molar-refractivity contribution is 6.34. The van der Waals surface area contributed by atoms with Crippen molar-refractivity contribution in [3.8, 4) is 0 Å². The molecule has 0 saturated heterocycles. The number of halogens is 1.